The highest BCUT2D eigenvalue weighted by molar-refractivity contribution is 5.29. The molecule has 0 saturated carbocycles. The van der Waals surface area contributed by atoms with Crippen LogP contribution in [0, 0.1) is 5.82 Å². The average molecular weight is 260 g/mol. The number of nitrogens with one attached hydrogen (secondary N) is 1. The van der Waals surface area contributed by atoms with E-state index in [1.54, 1.807) is 24.5 Å². The monoisotopic (exact) mass is 260 g/mol. The van der Waals surface area contributed by atoms with Crippen LogP contribution in [0.3, 0.4) is 0 Å². The molecule has 0 radical (unpaired) electrons. The highest BCUT2D eigenvalue weighted by Crippen LogP contribution is 2.17. The van der Waals surface area contributed by atoms with Crippen LogP contribution in [0.4, 0.5) is 4.39 Å². The van der Waals surface area contributed by atoms with Crippen molar-refractivity contribution in [2.24, 2.45) is 0 Å². The smallest absolute Gasteiger partial charge is 0.131 e. The van der Waals surface area contributed by atoms with Crippen molar-refractivity contribution in [2.75, 3.05) is 7.11 Å². The van der Waals surface area contributed by atoms with E-state index in [0.29, 0.717) is 17.9 Å². The van der Waals surface area contributed by atoms with Crippen molar-refractivity contribution in [2.45, 2.75) is 19.5 Å². The Labute approximate surface area is 112 Å². The first kappa shape index (κ1) is 13.5. The molecule has 1 aromatic carbocycles. The van der Waals surface area contributed by atoms with Crippen LogP contribution in [0.25, 0.3) is 0 Å². The SMILES string of the molecule is COc1ccc(CNC(C)c2ccncc2)c(F)c1. The highest BCUT2D eigenvalue weighted by Gasteiger charge is 2.07. The summed E-state index contributed by atoms with van der Waals surface area (Å²) in [6.45, 7) is 2.51. The quantitative estimate of drug-likeness (QED) is 0.897. The van der Waals surface area contributed by atoms with Crippen LogP contribution in [0.15, 0.2) is 42.7 Å². The number of nitrogens with zero attached hydrogens (tertiary/aromatic N) is 1. The predicted molar refractivity (Wildman–Crippen MR) is 72.4 cm³/mol. The van der Waals surface area contributed by atoms with E-state index in [2.05, 4.69) is 10.3 Å². The molecule has 0 spiro atoms. The summed E-state index contributed by atoms with van der Waals surface area (Å²) in [7, 11) is 1.53. The number of aromatic nitrogens is 1. The van der Waals surface area contributed by atoms with Crippen LogP contribution in [-0.2, 0) is 6.54 Å². The van der Waals surface area contributed by atoms with Gasteiger partial charge in [-0.3, -0.25) is 4.98 Å². The summed E-state index contributed by atoms with van der Waals surface area (Å²) in [5, 5.41) is 3.28. The lowest BCUT2D eigenvalue weighted by atomic mass is 10.1. The normalized spacial score (nSPS) is 12.2. The third-order valence-corrected chi connectivity index (χ3v) is 3.07. The summed E-state index contributed by atoms with van der Waals surface area (Å²) in [5.41, 5.74) is 1.76. The Hall–Kier alpha value is -1.94. The zero-order valence-corrected chi connectivity index (χ0v) is 11.1. The molecule has 0 aliphatic heterocycles. The van der Waals surface area contributed by atoms with Crippen molar-refractivity contribution in [3.63, 3.8) is 0 Å². The van der Waals surface area contributed by atoms with Crippen molar-refractivity contribution in [3.05, 3.63) is 59.7 Å². The van der Waals surface area contributed by atoms with Gasteiger partial charge in [-0.15, -0.1) is 0 Å². The first-order valence-corrected chi connectivity index (χ1v) is 6.16. The molecule has 1 atom stereocenters. The topological polar surface area (TPSA) is 34.1 Å². The standard InChI is InChI=1S/C15H17FN2O/c1-11(12-5-7-17-8-6-12)18-10-13-3-4-14(19-2)9-15(13)16/h3-9,11,18H,10H2,1-2H3. The van der Waals surface area contributed by atoms with E-state index >= 15 is 0 Å². The molecule has 19 heavy (non-hydrogen) atoms. The first-order valence-electron chi connectivity index (χ1n) is 6.16. The van der Waals surface area contributed by atoms with Gasteiger partial charge < -0.3 is 10.1 Å². The number of pyridine rings is 1. The number of rotatable bonds is 5. The zero-order valence-electron chi connectivity index (χ0n) is 11.1. The van der Waals surface area contributed by atoms with Crippen LogP contribution in [0.1, 0.15) is 24.1 Å². The number of methoxy groups -OCH3 is 1. The summed E-state index contributed by atoms with van der Waals surface area (Å²) < 4.78 is 18.7. The predicted octanol–water partition coefficient (Wildman–Crippen LogP) is 3.08. The van der Waals surface area contributed by atoms with Crippen LogP contribution in [0.5, 0.6) is 5.75 Å². The Bertz CT molecular complexity index is 531. The molecule has 1 N–H and O–H groups in total. The molecule has 0 fully saturated rings. The Morgan fingerprint density at radius 2 is 2.00 bits per heavy atom. The number of ether oxygens (including phenoxy) is 1. The summed E-state index contributed by atoms with van der Waals surface area (Å²) in [6.07, 6.45) is 3.50. The molecule has 2 rings (SSSR count). The third-order valence-electron chi connectivity index (χ3n) is 3.07. The van der Waals surface area contributed by atoms with Gasteiger partial charge in [0.25, 0.3) is 0 Å². The van der Waals surface area contributed by atoms with Crippen LogP contribution in [-0.4, -0.2) is 12.1 Å². The molecule has 2 aromatic rings. The number of halogens is 1. The fraction of sp³-hybridized carbons (Fsp3) is 0.267. The van der Waals surface area contributed by atoms with Crippen LogP contribution in [0.2, 0.25) is 0 Å². The fourth-order valence-electron chi connectivity index (χ4n) is 1.83. The number of benzene rings is 1. The van der Waals surface area contributed by atoms with Gasteiger partial charge in [0.05, 0.1) is 7.11 Å². The van der Waals surface area contributed by atoms with E-state index in [1.807, 2.05) is 19.1 Å². The van der Waals surface area contributed by atoms with E-state index in [9.17, 15) is 4.39 Å². The minimum Gasteiger partial charge on any atom is -0.497 e. The lowest BCUT2D eigenvalue weighted by Crippen LogP contribution is -2.18. The van der Waals surface area contributed by atoms with Gasteiger partial charge >= 0.3 is 0 Å². The molecule has 1 heterocycles. The second-order valence-corrected chi connectivity index (χ2v) is 4.34. The summed E-state index contributed by atoms with van der Waals surface area (Å²) in [5.74, 6) is 0.275. The van der Waals surface area contributed by atoms with E-state index < -0.39 is 0 Å². The summed E-state index contributed by atoms with van der Waals surface area (Å²) >= 11 is 0. The van der Waals surface area contributed by atoms with E-state index in [4.69, 9.17) is 4.74 Å². The van der Waals surface area contributed by atoms with E-state index in [0.717, 1.165) is 5.56 Å². The third kappa shape index (κ3) is 3.51. The number of hydrogen-bond donors (Lipinski definition) is 1. The Morgan fingerprint density at radius 1 is 1.26 bits per heavy atom. The highest BCUT2D eigenvalue weighted by atomic mass is 19.1. The van der Waals surface area contributed by atoms with Crippen molar-refractivity contribution in [3.8, 4) is 5.75 Å². The van der Waals surface area contributed by atoms with E-state index in [1.165, 1.54) is 13.2 Å². The summed E-state index contributed by atoms with van der Waals surface area (Å²) in [6, 6.07) is 8.93. The van der Waals surface area contributed by atoms with Crippen molar-refractivity contribution >= 4 is 0 Å². The Balaban J connectivity index is 1.99. The maximum absolute atomic E-state index is 13.8. The van der Waals surface area contributed by atoms with Crippen molar-refractivity contribution < 1.29 is 9.13 Å². The second kappa shape index (κ2) is 6.29. The zero-order chi connectivity index (χ0) is 13.7. The van der Waals surface area contributed by atoms with Gasteiger partial charge in [-0.05, 0) is 30.7 Å². The molecule has 0 aliphatic rings. The van der Waals surface area contributed by atoms with Crippen LogP contribution < -0.4 is 10.1 Å². The minimum absolute atomic E-state index is 0.143. The molecule has 3 nitrogen and oxygen atoms in total. The molecule has 100 valence electrons. The maximum atomic E-state index is 13.8. The largest absolute Gasteiger partial charge is 0.497 e. The molecule has 0 saturated heterocycles. The molecular formula is C15H17FN2O. The fourth-order valence-corrected chi connectivity index (χ4v) is 1.83. The van der Waals surface area contributed by atoms with Gasteiger partial charge in [0.15, 0.2) is 0 Å². The van der Waals surface area contributed by atoms with Crippen molar-refractivity contribution in [1.29, 1.82) is 0 Å². The molecule has 0 amide bonds. The molecule has 1 aromatic heterocycles. The average Bonchev–Trinajstić information content (AvgIpc) is 2.46. The van der Waals surface area contributed by atoms with Gasteiger partial charge in [-0.1, -0.05) is 6.07 Å². The second-order valence-electron chi connectivity index (χ2n) is 4.34. The van der Waals surface area contributed by atoms with Crippen molar-refractivity contribution in [1.82, 2.24) is 10.3 Å². The lowest BCUT2D eigenvalue weighted by Gasteiger charge is -2.14. The molecule has 1 unspecified atom stereocenters. The van der Waals surface area contributed by atoms with E-state index in [-0.39, 0.29) is 11.9 Å². The van der Waals surface area contributed by atoms with Gasteiger partial charge in [-0.2, -0.15) is 0 Å². The Kier molecular flexibility index (Phi) is 4.47. The molecule has 4 heteroatoms. The van der Waals surface area contributed by atoms with Gasteiger partial charge in [0.2, 0.25) is 0 Å². The first-order chi connectivity index (χ1) is 9.20. The Morgan fingerprint density at radius 3 is 2.63 bits per heavy atom. The number of hydrogen-bond acceptors (Lipinski definition) is 3. The van der Waals surface area contributed by atoms with Gasteiger partial charge in [0.1, 0.15) is 11.6 Å². The molecule has 0 aliphatic carbocycles. The lowest BCUT2D eigenvalue weighted by molar-refractivity contribution is 0.410. The van der Waals surface area contributed by atoms with Gasteiger partial charge in [-0.25, -0.2) is 4.39 Å². The minimum atomic E-state index is -0.256. The summed E-state index contributed by atoms with van der Waals surface area (Å²) in [4.78, 5) is 3.98. The van der Waals surface area contributed by atoms with Gasteiger partial charge in [0, 0.05) is 36.6 Å². The maximum Gasteiger partial charge on any atom is 0.131 e. The van der Waals surface area contributed by atoms with Crippen LogP contribution >= 0.6 is 0 Å². The molecular weight excluding hydrogens is 243 g/mol. The molecule has 0 bridgehead atoms.